The fourth-order valence-electron chi connectivity index (χ4n) is 3.02. The quantitative estimate of drug-likeness (QED) is 0.919. The van der Waals surface area contributed by atoms with Crippen molar-refractivity contribution in [2.24, 2.45) is 5.92 Å². The number of carbonyl (C=O) groups is 2. The molecule has 5 nitrogen and oxygen atoms in total. The summed E-state index contributed by atoms with van der Waals surface area (Å²) in [4.78, 5) is 25.6. The van der Waals surface area contributed by atoms with Gasteiger partial charge in [0.2, 0.25) is 11.8 Å². The van der Waals surface area contributed by atoms with Crippen molar-refractivity contribution >= 4 is 17.5 Å². The lowest BCUT2D eigenvalue weighted by Gasteiger charge is -2.23. The lowest BCUT2D eigenvalue weighted by Crippen LogP contribution is -2.45. The normalized spacial score (nSPS) is 24.8. The highest BCUT2D eigenvalue weighted by atomic mass is 19.1. The number of amides is 2. The van der Waals surface area contributed by atoms with Gasteiger partial charge in [0.05, 0.1) is 12.5 Å². The first kappa shape index (κ1) is 15.9. The maximum absolute atomic E-state index is 13.8. The minimum Gasteiger partial charge on any atom is -0.381 e. The average Bonchev–Trinajstić information content (AvgIpc) is 2.89. The van der Waals surface area contributed by atoms with Gasteiger partial charge in [-0.05, 0) is 31.4 Å². The van der Waals surface area contributed by atoms with E-state index in [1.165, 1.54) is 6.07 Å². The zero-order valence-electron chi connectivity index (χ0n) is 12.6. The highest BCUT2D eigenvalue weighted by Gasteiger charge is 2.37. The van der Waals surface area contributed by atoms with Crippen molar-refractivity contribution in [1.82, 2.24) is 5.32 Å². The van der Waals surface area contributed by atoms with Crippen LogP contribution in [0.2, 0.25) is 0 Å². The van der Waals surface area contributed by atoms with E-state index in [0.29, 0.717) is 19.6 Å². The molecule has 2 heterocycles. The number of hydrogen-bond donors (Lipinski definition) is 1. The standard InChI is InChI=1S/C16H18F2N2O3/c17-11-4-1-5-12(18)14(11)20-7-6-13(16(20)22)19-15(21)10-3-2-8-23-9-10/h1,4-5,10,13H,2-3,6-9H2,(H,19,21)/t10-,13-/m0/s1. The molecule has 1 aromatic rings. The Morgan fingerprint density at radius 1 is 1.26 bits per heavy atom. The molecule has 2 aliphatic rings. The highest BCUT2D eigenvalue weighted by molar-refractivity contribution is 6.01. The van der Waals surface area contributed by atoms with Crippen LogP contribution in [0.3, 0.4) is 0 Å². The molecule has 0 radical (unpaired) electrons. The number of hydrogen-bond acceptors (Lipinski definition) is 3. The van der Waals surface area contributed by atoms with Crippen molar-refractivity contribution in [2.45, 2.75) is 25.3 Å². The maximum atomic E-state index is 13.8. The van der Waals surface area contributed by atoms with Crippen LogP contribution < -0.4 is 10.2 Å². The Labute approximate surface area is 132 Å². The van der Waals surface area contributed by atoms with E-state index in [-0.39, 0.29) is 24.1 Å². The number of nitrogens with one attached hydrogen (secondary N) is 1. The van der Waals surface area contributed by atoms with E-state index in [1.807, 2.05) is 0 Å². The van der Waals surface area contributed by atoms with Gasteiger partial charge in [-0.15, -0.1) is 0 Å². The van der Waals surface area contributed by atoms with Crippen LogP contribution in [0, 0.1) is 17.6 Å². The predicted octanol–water partition coefficient (Wildman–Crippen LogP) is 1.61. The Bertz CT molecular complexity index is 597. The first-order valence-corrected chi connectivity index (χ1v) is 7.71. The molecule has 1 N–H and O–H groups in total. The minimum absolute atomic E-state index is 0.169. The summed E-state index contributed by atoms with van der Waals surface area (Å²) >= 11 is 0. The fraction of sp³-hybridized carbons (Fsp3) is 0.500. The molecule has 2 aliphatic heterocycles. The lowest BCUT2D eigenvalue weighted by molar-refractivity contribution is -0.132. The minimum atomic E-state index is -0.786. The zero-order valence-corrected chi connectivity index (χ0v) is 12.6. The van der Waals surface area contributed by atoms with E-state index < -0.39 is 23.6 Å². The second kappa shape index (κ2) is 6.62. The molecule has 0 spiro atoms. The van der Waals surface area contributed by atoms with Crippen LogP contribution in [0.15, 0.2) is 18.2 Å². The molecular weight excluding hydrogens is 306 g/mol. The second-order valence-corrected chi connectivity index (χ2v) is 5.82. The molecule has 0 unspecified atom stereocenters. The zero-order chi connectivity index (χ0) is 16.4. The summed E-state index contributed by atoms with van der Waals surface area (Å²) in [6.07, 6.45) is 1.85. The third-order valence-corrected chi connectivity index (χ3v) is 4.26. The van der Waals surface area contributed by atoms with Crippen LogP contribution in [0.25, 0.3) is 0 Å². The van der Waals surface area contributed by atoms with E-state index in [4.69, 9.17) is 4.74 Å². The molecule has 2 amide bonds. The number of anilines is 1. The molecule has 0 saturated carbocycles. The maximum Gasteiger partial charge on any atom is 0.249 e. The number of nitrogens with zero attached hydrogens (tertiary/aromatic N) is 1. The van der Waals surface area contributed by atoms with Gasteiger partial charge in [0.25, 0.3) is 0 Å². The summed E-state index contributed by atoms with van der Waals surface area (Å²) in [7, 11) is 0. The number of para-hydroxylation sites is 1. The summed E-state index contributed by atoms with van der Waals surface area (Å²) in [6, 6.07) is 2.72. The van der Waals surface area contributed by atoms with Gasteiger partial charge in [-0.2, -0.15) is 0 Å². The van der Waals surface area contributed by atoms with Gasteiger partial charge < -0.3 is 15.0 Å². The monoisotopic (exact) mass is 324 g/mol. The molecule has 3 rings (SSSR count). The first-order valence-electron chi connectivity index (χ1n) is 7.71. The summed E-state index contributed by atoms with van der Waals surface area (Å²) in [5.74, 6) is -2.56. The molecule has 2 saturated heterocycles. The Morgan fingerprint density at radius 3 is 2.65 bits per heavy atom. The smallest absolute Gasteiger partial charge is 0.249 e. The van der Waals surface area contributed by atoms with Gasteiger partial charge in [-0.3, -0.25) is 9.59 Å². The van der Waals surface area contributed by atoms with Crippen LogP contribution in [0.5, 0.6) is 0 Å². The number of rotatable bonds is 3. The van der Waals surface area contributed by atoms with E-state index >= 15 is 0 Å². The predicted molar refractivity (Wildman–Crippen MR) is 78.8 cm³/mol. The molecular formula is C16H18F2N2O3. The van der Waals surface area contributed by atoms with Crippen molar-refractivity contribution in [3.8, 4) is 0 Å². The molecule has 23 heavy (non-hydrogen) atoms. The molecule has 2 fully saturated rings. The third-order valence-electron chi connectivity index (χ3n) is 4.26. The number of ether oxygens (including phenoxy) is 1. The van der Waals surface area contributed by atoms with Crippen molar-refractivity contribution in [1.29, 1.82) is 0 Å². The fourth-order valence-corrected chi connectivity index (χ4v) is 3.02. The number of carbonyl (C=O) groups excluding carboxylic acids is 2. The van der Waals surface area contributed by atoms with Gasteiger partial charge in [0.15, 0.2) is 0 Å². The molecule has 124 valence electrons. The van der Waals surface area contributed by atoms with Crippen LogP contribution in [-0.2, 0) is 14.3 Å². The molecule has 0 aliphatic carbocycles. The van der Waals surface area contributed by atoms with Gasteiger partial charge in [-0.25, -0.2) is 8.78 Å². The second-order valence-electron chi connectivity index (χ2n) is 5.82. The Morgan fingerprint density at radius 2 is 2.00 bits per heavy atom. The average molecular weight is 324 g/mol. The van der Waals surface area contributed by atoms with Crippen LogP contribution >= 0.6 is 0 Å². The Balaban J connectivity index is 1.68. The third kappa shape index (κ3) is 3.19. The topological polar surface area (TPSA) is 58.6 Å². The Hall–Kier alpha value is -2.02. The van der Waals surface area contributed by atoms with Crippen molar-refractivity contribution in [3.63, 3.8) is 0 Å². The molecule has 0 bridgehead atoms. The van der Waals surface area contributed by atoms with E-state index in [2.05, 4.69) is 5.32 Å². The summed E-state index contributed by atoms with van der Waals surface area (Å²) in [6.45, 7) is 1.16. The molecule has 1 aromatic carbocycles. The Kier molecular flexibility index (Phi) is 4.56. The van der Waals surface area contributed by atoms with Crippen LogP contribution in [0.4, 0.5) is 14.5 Å². The van der Waals surface area contributed by atoms with Crippen molar-refractivity contribution in [2.75, 3.05) is 24.7 Å². The van der Waals surface area contributed by atoms with Crippen molar-refractivity contribution < 1.29 is 23.1 Å². The van der Waals surface area contributed by atoms with Crippen LogP contribution in [-0.4, -0.2) is 37.6 Å². The largest absolute Gasteiger partial charge is 0.381 e. The van der Waals surface area contributed by atoms with Gasteiger partial charge >= 0.3 is 0 Å². The number of benzene rings is 1. The lowest BCUT2D eigenvalue weighted by atomic mass is 10.0. The van der Waals surface area contributed by atoms with E-state index in [0.717, 1.165) is 29.9 Å². The van der Waals surface area contributed by atoms with E-state index in [1.54, 1.807) is 0 Å². The number of halogens is 2. The molecule has 0 aromatic heterocycles. The SMILES string of the molecule is O=C(N[C@H]1CCN(c2c(F)cccc2F)C1=O)[C@H]1CCCOC1. The molecule has 7 heteroatoms. The summed E-state index contributed by atoms with van der Waals surface area (Å²) < 4.78 is 32.9. The van der Waals surface area contributed by atoms with Gasteiger partial charge in [-0.1, -0.05) is 6.07 Å². The molecule has 2 atom stereocenters. The summed E-state index contributed by atoms with van der Waals surface area (Å²) in [5, 5.41) is 2.68. The van der Waals surface area contributed by atoms with Gasteiger partial charge in [0, 0.05) is 13.2 Å². The van der Waals surface area contributed by atoms with Crippen molar-refractivity contribution in [3.05, 3.63) is 29.8 Å². The highest BCUT2D eigenvalue weighted by Crippen LogP contribution is 2.27. The van der Waals surface area contributed by atoms with Gasteiger partial charge in [0.1, 0.15) is 23.4 Å². The van der Waals surface area contributed by atoms with E-state index in [9.17, 15) is 18.4 Å². The first-order chi connectivity index (χ1) is 11.1. The van der Waals surface area contributed by atoms with Crippen LogP contribution in [0.1, 0.15) is 19.3 Å². The summed E-state index contributed by atoms with van der Waals surface area (Å²) in [5.41, 5.74) is -0.352.